The van der Waals surface area contributed by atoms with Gasteiger partial charge in [0.25, 0.3) is 0 Å². The summed E-state index contributed by atoms with van der Waals surface area (Å²) >= 11 is 0. The van der Waals surface area contributed by atoms with Crippen LogP contribution in [0.15, 0.2) is 18.2 Å². The monoisotopic (exact) mass is 279 g/mol. The molecule has 0 spiro atoms. The lowest BCUT2D eigenvalue weighted by molar-refractivity contribution is -0.145. The first-order valence-corrected chi connectivity index (χ1v) is 5.50. The molecule has 0 aliphatic heterocycles. The first kappa shape index (κ1) is 15.3. The zero-order chi connectivity index (χ0) is 14.6. The summed E-state index contributed by atoms with van der Waals surface area (Å²) in [6.07, 6.45) is -4.91. The number of rotatable bonds is 4. The van der Waals surface area contributed by atoms with Gasteiger partial charge in [0.1, 0.15) is 12.4 Å². The number of halogens is 4. The number of alkyl halides is 3. The van der Waals surface area contributed by atoms with Crippen LogP contribution in [-0.2, 0) is 15.7 Å². The van der Waals surface area contributed by atoms with Crippen LogP contribution in [0.2, 0.25) is 0 Å². The predicted molar refractivity (Wildman–Crippen MR) is 61.1 cm³/mol. The third kappa shape index (κ3) is 4.76. The van der Waals surface area contributed by atoms with Crippen molar-refractivity contribution in [2.45, 2.75) is 26.1 Å². The Morgan fingerprint density at radius 3 is 2.53 bits per heavy atom. The topological polar surface area (TPSA) is 38.3 Å². The maximum atomic E-state index is 13.3. The Bertz CT molecular complexity index is 458. The van der Waals surface area contributed by atoms with Gasteiger partial charge in [-0.1, -0.05) is 0 Å². The van der Waals surface area contributed by atoms with Crippen LogP contribution in [0.25, 0.3) is 0 Å². The molecule has 106 valence electrons. The van der Waals surface area contributed by atoms with E-state index >= 15 is 0 Å². The molecule has 0 saturated carbocycles. The highest BCUT2D eigenvalue weighted by atomic mass is 19.4. The minimum atomic E-state index is -4.57. The standard InChI is InChI=1S/C12H13F4NO2/c1-7(2)19-11(18)6-17-10-5-8(12(14,15)16)3-4-9(10)13/h3-5,7,17H,6H2,1-2H3. The van der Waals surface area contributed by atoms with Crippen molar-refractivity contribution in [2.24, 2.45) is 0 Å². The fourth-order valence-corrected chi connectivity index (χ4v) is 1.31. The first-order chi connectivity index (χ1) is 8.70. The number of carbonyl (C=O) groups is 1. The lowest BCUT2D eigenvalue weighted by Gasteiger charge is -2.12. The molecule has 0 aliphatic carbocycles. The van der Waals surface area contributed by atoms with Crippen LogP contribution < -0.4 is 5.32 Å². The van der Waals surface area contributed by atoms with Gasteiger partial charge in [0, 0.05) is 0 Å². The highest BCUT2D eigenvalue weighted by Crippen LogP contribution is 2.31. The molecule has 0 heterocycles. The van der Waals surface area contributed by atoms with E-state index in [0.29, 0.717) is 18.2 Å². The van der Waals surface area contributed by atoms with Gasteiger partial charge in [0.15, 0.2) is 0 Å². The van der Waals surface area contributed by atoms with Crippen LogP contribution in [0.3, 0.4) is 0 Å². The second kappa shape index (κ2) is 5.90. The van der Waals surface area contributed by atoms with Gasteiger partial charge in [0.05, 0.1) is 17.4 Å². The molecule has 1 rings (SSSR count). The van der Waals surface area contributed by atoms with Gasteiger partial charge in [-0.2, -0.15) is 13.2 Å². The van der Waals surface area contributed by atoms with E-state index in [2.05, 4.69) is 5.32 Å². The molecule has 0 atom stereocenters. The van der Waals surface area contributed by atoms with Gasteiger partial charge < -0.3 is 10.1 Å². The molecular weight excluding hydrogens is 266 g/mol. The Kier molecular flexibility index (Phi) is 4.74. The van der Waals surface area contributed by atoms with Crippen LogP contribution >= 0.6 is 0 Å². The van der Waals surface area contributed by atoms with Gasteiger partial charge in [0.2, 0.25) is 0 Å². The Morgan fingerprint density at radius 2 is 2.00 bits per heavy atom. The van der Waals surface area contributed by atoms with E-state index < -0.39 is 35.8 Å². The number of hydrogen-bond acceptors (Lipinski definition) is 3. The smallest absolute Gasteiger partial charge is 0.416 e. The fourth-order valence-electron chi connectivity index (χ4n) is 1.31. The molecule has 0 bridgehead atoms. The van der Waals surface area contributed by atoms with Gasteiger partial charge in [-0.15, -0.1) is 0 Å². The summed E-state index contributed by atoms with van der Waals surface area (Å²) in [5, 5.41) is 2.28. The summed E-state index contributed by atoms with van der Waals surface area (Å²) in [5.74, 6) is -1.54. The number of ether oxygens (including phenoxy) is 1. The maximum absolute atomic E-state index is 13.3. The third-order valence-corrected chi connectivity index (χ3v) is 2.08. The average Bonchev–Trinajstić information content (AvgIpc) is 2.25. The van der Waals surface area contributed by atoms with Gasteiger partial charge in [-0.25, -0.2) is 4.39 Å². The maximum Gasteiger partial charge on any atom is 0.416 e. The van der Waals surface area contributed by atoms with Crippen molar-refractivity contribution in [3.8, 4) is 0 Å². The third-order valence-electron chi connectivity index (χ3n) is 2.08. The number of anilines is 1. The molecule has 0 unspecified atom stereocenters. The largest absolute Gasteiger partial charge is 0.462 e. The number of carbonyl (C=O) groups excluding carboxylic acids is 1. The predicted octanol–water partition coefficient (Wildman–Crippen LogP) is 3.21. The van der Waals surface area contributed by atoms with E-state index in [1.807, 2.05) is 0 Å². The molecule has 1 N–H and O–H groups in total. The van der Waals surface area contributed by atoms with Crippen molar-refractivity contribution >= 4 is 11.7 Å². The normalized spacial score (nSPS) is 11.5. The fraction of sp³-hybridized carbons (Fsp3) is 0.417. The average molecular weight is 279 g/mol. The van der Waals surface area contributed by atoms with E-state index in [1.54, 1.807) is 13.8 Å². The summed E-state index contributed by atoms with van der Waals surface area (Å²) in [5.41, 5.74) is -1.39. The van der Waals surface area contributed by atoms with Gasteiger partial charge >= 0.3 is 12.1 Å². The van der Waals surface area contributed by atoms with Gasteiger partial charge in [-0.05, 0) is 32.0 Å². The van der Waals surface area contributed by atoms with Crippen LogP contribution in [0.1, 0.15) is 19.4 Å². The van der Waals surface area contributed by atoms with E-state index in [0.717, 1.165) is 0 Å². The molecule has 1 aromatic rings. The summed E-state index contributed by atoms with van der Waals surface area (Å²) < 4.78 is 55.3. The molecule has 7 heteroatoms. The van der Waals surface area contributed by atoms with E-state index in [-0.39, 0.29) is 6.10 Å². The SMILES string of the molecule is CC(C)OC(=O)CNc1cc(C(F)(F)F)ccc1F. The van der Waals surface area contributed by atoms with Crippen molar-refractivity contribution in [1.82, 2.24) is 0 Å². The van der Waals surface area contributed by atoms with Crippen LogP contribution in [0, 0.1) is 5.82 Å². The minimum absolute atomic E-state index is 0.347. The van der Waals surface area contributed by atoms with Crippen molar-refractivity contribution in [3.63, 3.8) is 0 Å². The molecular formula is C12H13F4NO2. The summed E-state index contributed by atoms with van der Waals surface area (Å²) in [4.78, 5) is 11.2. The van der Waals surface area contributed by atoms with E-state index in [1.165, 1.54) is 0 Å². The molecule has 1 aromatic carbocycles. The quantitative estimate of drug-likeness (QED) is 0.679. The lowest BCUT2D eigenvalue weighted by atomic mass is 10.2. The number of esters is 1. The second-order valence-electron chi connectivity index (χ2n) is 4.08. The second-order valence-corrected chi connectivity index (χ2v) is 4.08. The molecule has 0 aromatic heterocycles. The molecule has 3 nitrogen and oxygen atoms in total. The number of hydrogen-bond donors (Lipinski definition) is 1. The van der Waals surface area contributed by atoms with E-state index in [9.17, 15) is 22.4 Å². The Balaban J connectivity index is 2.75. The first-order valence-electron chi connectivity index (χ1n) is 5.50. The lowest BCUT2D eigenvalue weighted by Crippen LogP contribution is -2.21. The molecule has 0 fully saturated rings. The van der Waals surface area contributed by atoms with Crippen molar-refractivity contribution in [3.05, 3.63) is 29.6 Å². The highest BCUT2D eigenvalue weighted by molar-refractivity contribution is 5.75. The van der Waals surface area contributed by atoms with Crippen LogP contribution in [0.4, 0.5) is 23.2 Å². The zero-order valence-electron chi connectivity index (χ0n) is 10.3. The molecule has 0 amide bonds. The summed E-state index contributed by atoms with van der Waals surface area (Å²) in [7, 11) is 0. The van der Waals surface area contributed by atoms with Crippen molar-refractivity contribution in [1.29, 1.82) is 0 Å². The number of benzene rings is 1. The van der Waals surface area contributed by atoms with Crippen molar-refractivity contribution in [2.75, 3.05) is 11.9 Å². The molecule has 0 aliphatic rings. The van der Waals surface area contributed by atoms with Crippen LogP contribution in [0.5, 0.6) is 0 Å². The Labute approximate surface area is 107 Å². The van der Waals surface area contributed by atoms with E-state index in [4.69, 9.17) is 4.74 Å². The summed E-state index contributed by atoms with van der Waals surface area (Å²) in [6.45, 7) is 2.85. The number of nitrogens with one attached hydrogen (secondary N) is 1. The minimum Gasteiger partial charge on any atom is -0.462 e. The van der Waals surface area contributed by atoms with Crippen molar-refractivity contribution < 1.29 is 27.1 Å². The Hall–Kier alpha value is -1.79. The highest BCUT2D eigenvalue weighted by Gasteiger charge is 2.31. The summed E-state index contributed by atoms with van der Waals surface area (Å²) in [6, 6.07) is 1.93. The Morgan fingerprint density at radius 1 is 1.37 bits per heavy atom. The molecule has 19 heavy (non-hydrogen) atoms. The molecule has 0 saturated heterocycles. The van der Waals surface area contributed by atoms with Crippen LogP contribution in [-0.4, -0.2) is 18.6 Å². The molecule has 0 radical (unpaired) electrons. The van der Waals surface area contributed by atoms with Gasteiger partial charge in [-0.3, -0.25) is 4.79 Å². The zero-order valence-corrected chi connectivity index (χ0v) is 10.3.